The van der Waals surface area contributed by atoms with Crippen LogP contribution in [0.1, 0.15) is 11.1 Å². The van der Waals surface area contributed by atoms with E-state index in [1.165, 1.54) is 27.1 Å². The number of benzene rings is 3. The standard InChI is InChI=1S/C20H17ClS/c1-22-20-14-16(13-15-5-3-2-4-6-15)7-12-19(20)17-8-10-18(21)11-9-17/h2-12,14H,13H2,1H3. The first-order valence-corrected chi connectivity index (χ1v) is 8.83. The molecule has 2 heteroatoms. The lowest BCUT2D eigenvalue weighted by Crippen LogP contribution is -1.90. The quantitative estimate of drug-likeness (QED) is 0.506. The van der Waals surface area contributed by atoms with Gasteiger partial charge in [-0.25, -0.2) is 0 Å². The lowest BCUT2D eigenvalue weighted by molar-refractivity contribution is 1.17. The predicted molar refractivity (Wildman–Crippen MR) is 97.9 cm³/mol. The fourth-order valence-electron chi connectivity index (χ4n) is 2.55. The number of thioether (sulfide) groups is 1. The molecule has 22 heavy (non-hydrogen) atoms. The summed E-state index contributed by atoms with van der Waals surface area (Å²) in [4.78, 5) is 1.30. The van der Waals surface area contributed by atoms with Crippen LogP contribution in [0.4, 0.5) is 0 Å². The summed E-state index contributed by atoms with van der Waals surface area (Å²) < 4.78 is 0. The average Bonchev–Trinajstić information content (AvgIpc) is 2.56. The van der Waals surface area contributed by atoms with Gasteiger partial charge < -0.3 is 0 Å². The molecule has 3 aromatic rings. The van der Waals surface area contributed by atoms with Crippen molar-refractivity contribution in [2.75, 3.05) is 6.26 Å². The molecule has 0 spiro atoms. The van der Waals surface area contributed by atoms with Crippen molar-refractivity contribution in [3.8, 4) is 11.1 Å². The first-order chi connectivity index (χ1) is 10.8. The Kier molecular flexibility index (Phi) is 4.87. The summed E-state index contributed by atoms with van der Waals surface area (Å²) in [5.41, 5.74) is 5.16. The van der Waals surface area contributed by atoms with Crippen molar-refractivity contribution in [1.82, 2.24) is 0 Å². The molecule has 0 unspecified atom stereocenters. The minimum atomic E-state index is 0.773. The fraction of sp³-hybridized carbons (Fsp3) is 0.100. The van der Waals surface area contributed by atoms with Crippen molar-refractivity contribution in [2.24, 2.45) is 0 Å². The van der Waals surface area contributed by atoms with E-state index in [0.29, 0.717) is 0 Å². The number of rotatable bonds is 4. The Morgan fingerprint density at radius 1 is 0.818 bits per heavy atom. The smallest absolute Gasteiger partial charge is 0.0406 e. The molecule has 0 atom stereocenters. The van der Waals surface area contributed by atoms with Gasteiger partial charge in [0.05, 0.1) is 0 Å². The number of halogens is 1. The van der Waals surface area contributed by atoms with Gasteiger partial charge in [0, 0.05) is 9.92 Å². The monoisotopic (exact) mass is 324 g/mol. The Morgan fingerprint density at radius 2 is 1.55 bits per heavy atom. The average molecular weight is 325 g/mol. The maximum Gasteiger partial charge on any atom is 0.0406 e. The highest BCUT2D eigenvalue weighted by atomic mass is 35.5. The fourth-order valence-corrected chi connectivity index (χ4v) is 3.35. The topological polar surface area (TPSA) is 0 Å². The molecular weight excluding hydrogens is 308 g/mol. The number of hydrogen-bond acceptors (Lipinski definition) is 1. The molecule has 0 aliphatic heterocycles. The summed E-state index contributed by atoms with van der Waals surface area (Å²) in [6.07, 6.45) is 3.09. The summed E-state index contributed by atoms with van der Waals surface area (Å²) in [7, 11) is 0. The molecule has 0 heterocycles. The molecule has 0 aliphatic rings. The Labute approximate surface area is 141 Å². The van der Waals surface area contributed by atoms with Gasteiger partial charge in [0.25, 0.3) is 0 Å². The van der Waals surface area contributed by atoms with E-state index in [1.807, 2.05) is 12.1 Å². The van der Waals surface area contributed by atoms with Crippen molar-refractivity contribution in [3.63, 3.8) is 0 Å². The molecule has 0 aromatic heterocycles. The first kappa shape index (κ1) is 15.2. The molecule has 3 rings (SSSR count). The minimum Gasteiger partial charge on any atom is -0.129 e. The number of hydrogen-bond donors (Lipinski definition) is 0. The van der Waals surface area contributed by atoms with Gasteiger partial charge >= 0.3 is 0 Å². The third-order valence-corrected chi connectivity index (χ3v) is 4.70. The molecular formula is C20H17ClS. The van der Waals surface area contributed by atoms with Crippen LogP contribution in [0, 0.1) is 0 Å². The maximum atomic E-state index is 5.98. The predicted octanol–water partition coefficient (Wildman–Crippen LogP) is 6.32. The van der Waals surface area contributed by atoms with Crippen LogP contribution in [0.3, 0.4) is 0 Å². The lowest BCUT2D eigenvalue weighted by atomic mass is 10.0. The van der Waals surface area contributed by atoms with E-state index in [-0.39, 0.29) is 0 Å². The van der Waals surface area contributed by atoms with Crippen LogP contribution >= 0.6 is 23.4 Å². The van der Waals surface area contributed by atoms with Crippen molar-refractivity contribution < 1.29 is 0 Å². The molecule has 3 aromatic carbocycles. The van der Waals surface area contributed by atoms with Crippen molar-refractivity contribution >= 4 is 23.4 Å². The van der Waals surface area contributed by atoms with Crippen LogP contribution in [0.2, 0.25) is 5.02 Å². The van der Waals surface area contributed by atoms with Gasteiger partial charge in [-0.05, 0) is 53.1 Å². The minimum absolute atomic E-state index is 0.773. The third-order valence-electron chi connectivity index (χ3n) is 3.67. The van der Waals surface area contributed by atoms with Crippen LogP contribution in [-0.2, 0) is 6.42 Å². The zero-order valence-electron chi connectivity index (χ0n) is 12.4. The highest BCUT2D eigenvalue weighted by Crippen LogP contribution is 2.32. The Morgan fingerprint density at radius 3 is 2.23 bits per heavy atom. The molecule has 0 bridgehead atoms. The molecule has 0 N–H and O–H groups in total. The third kappa shape index (κ3) is 3.55. The Hall–Kier alpha value is -1.70. The van der Waals surface area contributed by atoms with Crippen LogP contribution in [0.5, 0.6) is 0 Å². The van der Waals surface area contributed by atoms with E-state index in [0.717, 1.165) is 11.4 Å². The van der Waals surface area contributed by atoms with E-state index in [4.69, 9.17) is 11.6 Å². The van der Waals surface area contributed by atoms with E-state index in [1.54, 1.807) is 11.8 Å². The van der Waals surface area contributed by atoms with E-state index in [2.05, 4.69) is 66.9 Å². The van der Waals surface area contributed by atoms with E-state index in [9.17, 15) is 0 Å². The lowest BCUT2D eigenvalue weighted by Gasteiger charge is -2.11. The molecule has 0 amide bonds. The SMILES string of the molecule is CSc1cc(Cc2ccccc2)ccc1-c1ccc(Cl)cc1. The van der Waals surface area contributed by atoms with Crippen LogP contribution in [-0.4, -0.2) is 6.26 Å². The van der Waals surface area contributed by atoms with Crippen LogP contribution in [0.25, 0.3) is 11.1 Å². The molecule has 110 valence electrons. The van der Waals surface area contributed by atoms with Gasteiger partial charge in [-0.1, -0.05) is 66.2 Å². The molecule has 0 fully saturated rings. The zero-order chi connectivity index (χ0) is 15.4. The molecule has 0 nitrogen and oxygen atoms in total. The van der Waals surface area contributed by atoms with Gasteiger partial charge in [0.15, 0.2) is 0 Å². The van der Waals surface area contributed by atoms with Gasteiger partial charge in [-0.15, -0.1) is 11.8 Å². The van der Waals surface area contributed by atoms with Crippen molar-refractivity contribution in [3.05, 3.63) is 88.9 Å². The normalized spacial score (nSPS) is 10.6. The Balaban J connectivity index is 1.92. The molecule has 0 radical (unpaired) electrons. The maximum absolute atomic E-state index is 5.98. The van der Waals surface area contributed by atoms with Crippen LogP contribution in [0.15, 0.2) is 77.7 Å². The Bertz CT molecular complexity index is 748. The highest BCUT2D eigenvalue weighted by molar-refractivity contribution is 7.98. The second-order valence-corrected chi connectivity index (χ2v) is 6.49. The second-order valence-electron chi connectivity index (χ2n) is 5.20. The summed E-state index contributed by atoms with van der Waals surface area (Å²) >= 11 is 7.77. The van der Waals surface area contributed by atoms with E-state index >= 15 is 0 Å². The van der Waals surface area contributed by atoms with Gasteiger partial charge in [-0.3, -0.25) is 0 Å². The van der Waals surface area contributed by atoms with Crippen molar-refractivity contribution in [1.29, 1.82) is 0 Å². The first-order valence-electron chi connectivity index (χ1n) is 7.23. The molecule has 0 saturated carbocycles. The molecule has 0 aliphatic carbocycles. The zero-order valence-corrected chi connectivity index (χ0v) is 14.0. The summed E-state index contributed by atoms with van der Waals surface area (Å²) in [6, 6.07) is 25.4. The van der Waals surface area contributed by atoms with Gasteiger partial charge in [-0.2, -0.15) is 0 Å². The van der Waals surface area contributed by atoms with Gasteiger partial charge in [0.2, 0.25) is 0 Å². The highest BCUT2D eigenvalue weighted by Gasteiger charge is 2.06. The summed E-state index contributed by atoms with van der Waals surface area (Å²) in [5.74, 6) is 0. The summed E-state index contributed by atoms with van der Waals surface area (Å²) in [5, 5.41) is 0.773. The molecule has 0 saturated heterocycles. The van der Waals surface area contributed by atoms with Crippen molar-refractivity contribution in [2.45, 2.75) is 11.3 Å². The summed E-state index contributed by atoms with van der Waals surface area (Å²) in [6.45, 7) is 0. The second kappa shape index (κ2) is 7.04. The van der Waals surface area contributed by atoms with Gasteiger partial charge in [0.1, 0.15) is 0 Å². The van der Waals surface area contributed by atoms with E-state index < -0.39 is 0 Å². The van der Waals surface area contributed by atoms with Crippen LogP contribution < -0.4 is 0 Å². The largest absolute Gasteiger partial charge is 0.129 e.